The highest BCUT2D eigenvalue weighted by Gasteiger charge is 2.28. The van der Waals surface area contributed by atoms with Crippen LogP contribution in [0.5, 0.6) is 0 Å². The van der Waals surface area contributed by atoms with E-state index in [2.05, 4.69) is 55.5 Å². The smallest absolute Gasteiger partial charge is 0.185 e. The van der Waals surface area contributed by atoms with Crippen LogP contribution in [-0.2, 0) is 6.54 Å². The lowest BCUT2D eigenvalue weighted by atomic mass is 10.0. The van der Waals surface area contributed by atoms with Gasteiger partial charge in [-0.3, -0.25) is 4.48 Å². The summed E-state index contributed by atoms with van der Waals surface area (Å²) in [5.74, 6) is 0.885. The van der Waals surface area contributed by atoms with Gasteiger partial charge in [0.1, 0.15) is 13.1 Å². The van der Waals surface area contributed by atoms with Crippen LogP contribution in [0.25, 0.3) is 0 Å². The Morgan fingerprint density at radius 2 is 1.26 bits per heavy atom. The summed E-state index contributed by atoms with van der Waals surface area (Å²) in [7, 11) is 0. The standard InChI is InChI=1S/C28H49N2.ClH/c1-27(2)19-15-12-10-8-6-4-3-5-7-9-11-13-18-23-30(24-22-29-26-30)25-28-20-16-14-17-21-28;/h14,16-17,20-21,26-27H,3-13,15,18-19,22-25H2,1-2H3;1H/q+1;/p-1. The van der Waals surface area contributed by atoms with Gasteiger partial charge in [0, 0.05) is 5.56 Å². The van der Waals surface area contributed by atoms with Gasteiger partial charge in [0.2, 0.25) is 0 Å². The number of quaternary nitrogens is 1. The van der Waals surface area contributed by atoms with Crippen molar-refractivity contribution in [1.29, 1.82) is 0 Å². The molecule has 1 unspecified atom stereocenters. The van der Waals surface area contributed by atoms with Gasteiger partial charge in [-0.25, -0.2) is 4.99 Å². The number of benzene rings is 1. The molecule has 0 amide bonds. The number of halogens is 1. The third-order valence-corrected chi connectivity index (χ3v) is 6.73. The third-order valence-electron chi connectivity index (χ3n) is 6.73. The van der Waals surface area contributed by atoms with Crippen LogP contribution in [0, 0.1) is 5.92 Å². The zero-order chi connectivity index (χ0) is 21.3. The summed E-state index contributed by atoms with van der Waals surface area (Å²) < 4.78 is 1.07. The fourth-order valence-corrected chi connectivity index (χ4v) is 4.78. The van der Waals surface area contributed by atoms with E-state index in [1.54, 1.807) is 0 Å². The molecule has 1 aliphatic heterocycles. The molecule has 0 aliphatic carbocycles. The van der Waals surface area contributed by atoms with Crippen molar-refractivity contribution in [2.24, 2.45) is 10.9 Å². The first-order valence-electron chi connectivity index (χ1n) is 13.1. The summed E-state index contributed by atoms with van der Waals surface area (Å²) in [6.45, 7) is 9.24. The molecule has 0 saturated carbocycles. The highest BCUT2D eigenvalue weighted by atomic mass is 35.5. The van der Waals surface area contributed by atoms with Crippen LogP contribution in [-0.4, -0.2) is 30.5 Å². The normalized spacial score (nSPS) is 17.9. The Bertz CT molecular complexity index is 557. The van der Waals surface area contributed by atoms with Crippen LogP contribution in [0.15, 0.2) is 35.3 Å². The summed E-state index contributed by atoms with van der Waals surface area (Å²) in [6.07, 6.45) is 22.3. The molecule has 1 atom stereocenters. The quantitative estimate of drug-likeness (QED) is 0.217. The van der Waals surface area contributed by atoms with Gasteiger partial charge >= 0.3 is 0 Å². The molecule has 1 aromatic carbocycles. The van der Waals surface area contributed by atoms with Crippen LogP contribution >= 0.6 is 0 Å². The minimum Gasteiger partial charge on any atom is -1.00 e. The lowest BCUT2D eigenvalue weighted by Crippen LogP contribution is -3.00. The molecule has 0 fully saturated rings. The van der Waals surface area contributed by atoms with E-state index in [4.69, 9.17) is 0 Å². The lowest BCUT2D eigenvalue weighted by Gasteiger charge is -2.30. The summed E-state index contributed by atoms with van der Waals surface area (Å²) in [4.78, 5) is 4.57. The van der Waals surface area contributed by atoms with Crippen molar-refractivity contribution >= 4 is 6.34 Å². The predicted molar refractivity (Wildman–Crippen MR) is 133 cm³/mol. The van der Waals surface area contributed by atoms with E-state index < -0.39 is 0 Å². The molecule has 1 aromatic rings. The topological polar surface area (TPSA) is 12.4 Å². The molecular weight excluding hydrogens is 400 g/mol. The van der Waals surface area contributed by atoms with Crippen LogP contribution in [0.3, 0.4) is 0 Å². The maximum atomic E-state index is 4.57. The van der Waals surface area contributed by atoms with Gasteiger partial charge in [-0.15, -0.1) is 0 Å². The van der Waals surface area contributed by atoms with Crippen molar-refractivity contribution in [2.45, 2.75) is 110 Å². The zero-order valence-corrected chi connectivity index (χ0v) is 21.3. The molecule has 0 spiro atoms. The van der Waals surface area contributed by atoms with Gasteiger partial charge in [0.05, 0.1) is 13.1 Å². The minimum absolute atomic E-state index is 0. The molecule has 2 rings (SSSR count). The summed E-state index contributed by atoms with van der Waals surface area (Å²) in [5, 5.41) is 0. The largest absolute Gasteiger partial charge is 1.00 e. The van der Waals surface area contributed by atoms with E-state index in [0.29, 0.717) is 0 Å². The van der Waals surface area contributed by atoms with Crippen LogP contribution < -0.4 is 12.4 Å². The summed E-state index contributed by atoms with van der Waals surface area (Å²) in [5.41, 5.74) is 1.45. The SMILES string of the molecule is CC(C)CCCCCCCCCCCCCCC[N+]1(Cc2ccccc2)C=NCC1.[Cl-]. The minimum atomic E-state index is 0. The second-order valence-electron chi connectivity index (χ2n) is 10.1. The third kappa shape index (κ3) is 13.3. The Morgan fingerprint density at radius 1 is 0.742 bits per heavy atom. The fourth-order valence-electron chi connectivity index (χ4n) is 4.78. The molecule has 3 heteroatoms. The van der Waals surface area contributed by atoms with Crippen molar-refractivity contribution < 1.29 is 16.9 Å². The van der Waals surface area contributed by atoms with Crippen LogP contribution in [0.4, 0.5) is 0 Å². The highest BCUT2D eigenvalue weighted by Crippen LogP contribution is 2.19. The molecular formula is C28H49ClN2. The molecule has 0 saturated heterocycles. The van der Waals surface area contributed by atoms with Gasteiger partial charge in [0.25, 0.3) is 0 Å². The number of hydrogen-bond donors (Lipinski definition) is 0. The lowest BCUT2D eigenvalue weighted by molar-refractivity contribution is -0.842. The molecule has 0 N–H and O–H groups in total. The van der Waals surface area contributed by atoms with Crippen molar-refractivity contribution in [2.75, 3.05) is 19.6 Å². The van der Waals surface area contributed by atoms with Gasteiger partial charge in [-0.1, -0.05) is 121 Å². The molecule has 2 nitrogen and oxygen atoms in total. The molecule has 31 heavy (non-hydrogen) atoms. The van der Waals surface area contributed by atoms with Gasteiger partial charge in [-0.05, 0) is 18.8 Å². The molecule has 0 radical (unpaired) electrons. The summed E-state index contributed by atoms with van der Waals surface area (Å²) in [6, 6.07) is 11.0. The number of rotatable bonds is 18. The van der Waals surface area contributed by atoms with Crippen LogP contribution in [0.1, 0.15) is 109 Å². The van der Waals surface area contributed by atoms with E-state index >= 15 is 0 Å². The second-order valence-corrected chi connectivity index (χ2v) is 10.1. The highest BCUT2D eigenvalue weighted by molar-refractivity contribution is 5.48. The van der Waals surface area contributed by atoms with E-state index in [9.17, 15) is 0 Å². The van der Waals surface area contributed by atoms with E-state index in [1.165, 1.54) is 109 Å². The number of unbranched alkanes of at least 4 members (excludes halogenated alkanes) is 12. The average molecular weight is 449 g/mol. The number of aliphatic imine (C=N–C) groups is 1. The Balaban J connectivity index is 0.00000480. The van der Waals surface area contributed by atoms with Crippen LogP contribution in [0.2, 0.25) is 0 Å². The maximum Gasteiger partial charge on any atom is 0.185 e. The summed E-state index contributed by atoms with van der Waals surface area (Å²) >= 11 is 0. The Kier molecular flexibility index (Phi) is 16.1. The van der Waals surface area contributed by atoms with E-state index in [0.717, 1.165) is 23.5 Å². The Labute approximate surface area is 199 Å². The first-order chi connectivity index (χ1) is 14.7. The monoisotopic (exact) mass is 448 g/mol. The molecule has 1 heterocycles. The van der Waals surface area contributed by atoms with Gasteiger partial charge in [0.15, 0.2) is 6.34 Å². The maximum absolute atomic E-state index is 4.57. The molecule has 0 bridgehead atoms. The zero-order valence-electron chi connectivity index (χ0n) is 20.5. The van der Waals surface area contributed by atoms with E-state index in [-0.39, 0.29) is 12.4 Å². The number of nitrogens with zero attached hydrogens (tertiary/aromatic N) is 2. The van der Waals surface area contributed by atoms with Crippen molar-refractivity contribution in [3.05, 3.63) is 35.9 Å². The second kappa shape index (κ2) is 17.7. The Morgan fingerprint density at radius 3 is 1.74 bits per heavy atom. The molecule has 178 valence electrons. The average Bonchev–Trinajstić information content (AvgIpc) is 3.20. The van der Waals surface area contributed by atoms with Crippen molar-refractivity contribution in [1.82, 2.24) is 0 Å². The predicted octanol–water partition coefficient (Wildman–Crippen LogP) is 5.17. The van der Waals surface area contributed by atoms with E-state index in [1.807, 2.05) is 0 Å². The molecule has 1 aliphatic rings. The Hall–Kier alpha value is -0.860. The first kappa shape index (κ1) is 28.2. The van der Waals surface area contributed by atoms with Crippen molar-refractivity contribution in [3.63, 3.8) is 0 Å². The van der Waals surface area contributed by atoms with Gasteiger partial charge in [-0.2, -0.15) is 0 Å². The van der Waals surface area contributed by atoms with Gasteiger partial charge < -0.3 is 12.4 Å². The molecule has 0 aromatic heterocycles. The fraction of sp³-hybridized carbons (Fsp3) is 0.750. The number of hydrogen-bond acceptors (Lipinski definition) is 1. The first-order valence-corrected chi connectivity index (χ1v) is 13.1. The van der Waals surface area contributed by atoms with Crippen molar-refractivity contribution in [3.8, 4) is 0 Å².